The van der Waals surface area contributed by atoms with Crippen molar-refractivity contribution in [3.63, 3.8) is 0 Å². The van der Waals surface area contributed by atoms with Gasteiger partial charge >= 0.3 is 0 Å². The molecule has 12 heteroatoms. The average Bonchev–Trinajstić information content (AvgIpc) is 3.22. The zero-order chi connectivity index (χ0) is 38.7. The zero-order valence-electron chi connectivity index (χ0n) is 31.7. The molecule has 0 saturated carbocycles. The Hall–Kier alpha value is -5.36. The van der Waals surface area contributed by atoms with Crippen molar-refractivity contribution in [2.24, 2.45) is 0 Å². The molecule has 1 atom stereocenters. The number of phenolic OH excluding ortho intramolecular Hbond substituents is 1. The summed E-state index contributed by atoms with van der Waals surface area (Å²) in [5.74, 6) is -0.558. The number of imide groups is 1. The molecule has 4 aromatic rings. The van der Waals surface area contributed by atoms with Crippen molar-refractivity contribution >= 4 is 29.1 Å². The monoisotopic (exact) mass is 759 g/mol. The van der Waals surface area contributed by atoms with Crippen LogP contribution in [0.15, 0.2) is 91.1 Å². The van der Waals surface area contributed by atoms with Gasteiger partial charge in [-0.3, -0.25) is 19.7 Å². The molecule has 8 rings (SSSR count). The first kappa shape index (κ1) is 37.6. The van der Waals surface area contributed by atoms with Crippen LogP contribution in [0.4, 0.5) is 15.8 Å². The third kappa shape index (κ3) is 7.98. The summed E-state index contributed by atoms with van der Waals surface area (Å²) < 4.78 is 16.3. The van der Waals surface area contributed by atoms with Gasteiger partial charge in [-0.05, 0) is 73.6 Å². The van der Waals surface area contributed by atoms with Gasteiger partial charge in [0.1, 0.15) is 11.4 Å². The van der Waals surface area contributed by atoms with Gasteiger partial charge in [-0.1, -0.05) is 54.6 Å². The lowest BCUT2D eigenvalue weighted by molar-refractivity contribution is -0.134. The van der Waals surface area contributed by atoms with Crippen LogP contribution >= 0.6 is 0 Å². The number of halogens is 1. The van der Waals surface area contributed by atoms with E-state index in [0.29, 0.717) is 82.5 Å². The van der Waals surface area contributed by atoms with Crippen LogP contribution in [0.3, 0.4) is 0 Å². The molecule has 0 radical (unpaired) electrons. The highest BCUT2D eigenvalue weighted by molar-refractivity contribution is 6.01. The lowest BCUT2D eigenvalue weighted by Gasteiger charge is -2.44. The molecule has 3 N–H and O–H groups in total. The number of aromatic hydroxyl groups is 1. The van der Waals surface area contributed by atoms with Gasteiger partial charge in [0.25, 0.3) is 0 Å². The van der Waals surface area contributed by atoms with Crippen LogP contribution in [-0.2, 0) is 19.8 Å². The Morgan fingerprint density at radius 2 is 1.48 bits per heavy atom. The molecule has 4 saturated heterocycles. The van der Waals surface area contributed by atoms with Crippen molar-refractivity contribution in [2.45, 2.75) is 74.4 Å². The first-order valence-corrected chi connectivity index (χ1v) is 20.0. The zero-order valence-corrected chi connectivity index (χ0v) is 31.7. The number of anilines is 2. The molecule has 4 fully saturated rings. The Kier molecular flexibility index (Phi) is 10.7. The molecule has 11 nitrogen and oxygen atoms in total. The van der Waals surface area contributed by atoms with E-state index in [-0.39, 0.29) is 35.4 Å². The molecular formula is C44H50FN7O4. The molecule has 4 aliphatic rings. The average molecular weight is 760 g/mol. The predicted octanol–water partition coefficient (Wildman–Crippen LogP) is 5.50. The number of hydrogen-bond donors (Lipinski definition) is 3. The summed E-state index contributed by atoms with van der Waals surface area (Å²) in [6.45, 7) is 4.44. The fraction of sp³-hybridized carbons (Fsp3) is 0.432. The van der Waals surface area contributed by atoms with Gasteiger partial charge < -0.3 is 25.1 Å². The number of hydrogen-bond acceptors (Lipinski definition) is 9. The predicted molar refractivity (Wildman–Crippen MR) is 213 cm³/mol. The van der Waals surface area contributed by atoms with Crippen molar-refractivity contribution in [3.8, 4) is 17.0 Å². The minimum absolute atomic E-state index is 0.0310. The molecule has 0 spiro atoms. The van der Waals surface area contributed by atoms with Gasteiger partial charge in [0.15, 0.2) is 0 Å². The van der Waals surface area contributed by atoms with Crippen LogP contribution < -0.4 is 20.4 Å². The third-order valence-corrected chi connectivity index (χ3v) is 12.6. The summed E-state index contributed by atoms with van der Waals surface area (Å²) in [6.07, 6.45) is 6.34. The van der Waals surface area contributed by atoms with E-state index in [9.17, 15) is 19.5 Å². The largest absolute Gasteiger partial charge is 0.507 e. The second-order valence-electron chi connectivity index (χ2n) is 16.0. The number of aromatic nitrogens is 2. The summed E-state index contributed by atoms with van der Waals surface area (Å²) in [5, 5.41) is 24.8. The highest BCUT2D eigenvalue weighted by Crippen LogP contribution is 2.39. The minimum Gasteiger partial charge on any atom is -0.507 e. The van der Waals surface area contributed by atoms with Crippen LogP contribution in [0.1, 0.15) is 68.4 Å². The van der Waals surface area contributed by atoms with Crippen molar-refractivity contribution in [3.05, 3.63) is 102 Å². The normalized spacial score (nSPS) is 21.7. The Balaban J connectivity index is 0.837. The summed E-state index contributed by atoms with van der Waals surface area (Å²) in [6, 6.07) is 27.1. The van der Waals surface area contributed by atoms with E-state index in [1.807, 2.05) is 60.7 Å². The molecule has 1 aromatic heterocycles. The smallest absolute Gasteiger partial charge is 0.234 e. The number of phenols is 1. The summed E-state index contributed by atoms with van der Waals surface area (Å²) >= 11 is 0. The lowest BCUT2D eigenvalue weighted by atomic mass is 9.71. The highest BCUT2D eigenvalue weighted by Gasteiger charge is 2.44. The highest BCUT2D eigenvalue weighted by atomic mass is 19.1. The number of nitrogens with zero attached hydrogens (tertiary/aromatic N) is 5. The van der Waals surface area contributed by atoms with Crippen molar-refractivity contribution in [1.82, 2.24) is 25.7 Å². The topological polar surface area (TPSA) is 131 Å². The first-order chi connectivity index (χ1) is 27.2. The molecule has 3 amide bonds. The van der Waals surface area contributed by atoms with Gasteiger partial charge in [-0.25, -0.2) is 4.39 Å². The fourth-order valence-corrected chi connectivity index (χ4v) is 9.11. The number of carbonyl (C=O) groups excluding carboxylic acids is 3. The number of alkyl halides is 1. The number of likely N-dealkylation sites (tertiary alicyclic amines) is 1. The number of rotatable bonds is 9. The number of para-hydroxylation sites is 1. The van der Waals surface area contributed by atoms with Gasteiger partial charge in [-0.15, -0.1) is 0 Å². The number of nitrogens with one attached hydrogen (secondary N) is 2. The van der Waals surface area contributed by atoms with Crippen molar-refractivity contribution in [1.29, 1.82) is 0 Å². The Bertz CT molecular complexity index is 2020. The lowest BCUT2D eigenvalue weighted by Crippen LogP contribution is -2.56. The van der Waals surface area contributed by atoms with Gasteiger partial charge in [0.05, 0.1) is 28.9 Å². The fourth-order valence-electron chi connectivity index (χ4n) is 9.11. The molecule has 0 aliphatic carbocycles. The summed E-state index contributed by atoms with van der Waals surface area (Å²) in [7, 11) is 0. The quantitative estimate of drug-likeness (QED) is 0.190. The van der Waals surface area contributed by atoms with E-state index >= 15 is 4.39 Å². The van der Waals surface area contributed by atoms with Crippen LogP contribution in [0, 0.1) is 0 Å². The van der Waals surface area contributed by atoms with E-state index in [1.165, 1.54) is 0 Å². The van der Waals surface area contributed by atoms with Crippen molar-refractivity contribution < 1.29 is 23.9 Å². The van der Waals surface area contributed by atoms with E-state index in [2.05, 4.69) is 47.7 Å². The van der Waals surface area contributed by atoms with Crippen LogP contribution in [0.5, 0.6) is 5.75 Å². The van der Waals surface area contributed by atoms with Crippen molar-refractivity contribution in [2.75, 3.05) is 55.6 Å². The maximum Gasteiger partial charge on any atom is 0.234 e. The van der Waals surface area contributed by atoms with Gasteiger partial charge in [0.2, 0.25) is 17.7 Å². The second-order valence-corrected chi connectivity index (χ2v) is 16.0. The molecule has 4 aliphatic heterocycles. The number of carbonyl (C=O) groups is 3. The van der Waals surface area contributed by atoms with Gasteiger partial charge in [-0.2, -0.15) is 10.2 Å². The maximum absolute atomic E-state index is 16.3. The van der Waals surface area contributed by atoms with E-state index in [0.717, 1.165) is 48.4 Å². The molecule has 56 heavy (non-hydrogen) atoms. The Labute approximate surface area is 327 Å². The molecule has 292 valence electrons. The van der Waals surface area contributed by atoms with E-state index < -0.39 is 11.1 Å². The minimum atomic E-state index is -1.27. The molecule has 5 heterocycles. The Morgan fingerprint density at radius 3 is 2.18 bits per heavy atom. The SMILES string of the molecule is O=C1CC[C@@H](c2ccc(N3CCC(F)(CN4CCC(NC(=O)C5(c6ccccc6)CCN(c6cnnc(-c7ccccc7O)c6)CC5)CC4)CC3)cc2)C(=O)N1. The standard InChI is InChI=1S/C44H50FN7O4/c45-43(18-24-51(25-19-43)34-12-10-31(11-13-34)36-14-15-40(54)48-41(36)55)30-50-22-16-33(17-23-50)47-42(56)44(32-6-2-1-3-7-32)20-26-52(27-21-44)35-28-38(49-46-29-35)37-8-4-5-9-39(37)53/h1-13,28-29,33,36,53H,14-27,30H2,(H,47,56)(H,48,54,55)/t36-/m0/s1. The number of benzene rings is 3. The number of amides is 3. The third-order valence-electron chi connectivity index (χ3n) is 12.6. The Morgan fingerprint density at radius 1 is 0.821 bits per heavy atom. The van der Waals surface area contributed by atoms with E-state index in [4.69, 9.17) is 0 Å². The van der Waals surface area contributed by atoms with Gasteiger partial charge in [0, 0.05) is 82.4 Å². The van der Waals surface area contributed by atoms with E-state index in [1.54, 1.807) is 18.3 Å². The maximum atomic E-state index is 16.3. The molecule has 0 unspecified atom stereocenters. The van der Waals surface area contributed by atoms with Crippen LogP contribution in [-0.4, -0.2) is 95.4 Å². The molecule has 3 aromatic carbocycles. The first-order valence-electron chi connectivity index (χ1n) is 20.0. The molecule has 0 bridgehead atoms. The van der Waals surface area contributed by atoms with Crippen LogP contribution in [0.2, 0.25) is 0 Å². The van der Waals surface area contributed by atoms with Crippen LogP contribution in [0.25, 0.3) is 11.3 Å². The number of piperidine rings is 4. The molecular weight excluding hydrogens is 710 g/mol. The summed E-state index contributed by atoms with van der Waals surface area (Å²) in [4.78, 5) is 44.9. The summed E-state index contributed by atoms with van der Waals surface area (Å²) in [5.41, 5.74) is 3.14. The second kappa shape index (κ2) is 16.0.